The molecule has 42 heavy (non-hydrogen) atoms. The Hall–Kier alpha value is -3.78. The summed E-state index contributed by atoms with van der Waals surface area (Å²) in [6, 6.07) is 27.1. The van der Waals surface area contributed by atoms with E-state index in [2.05, 4.69) is 29.2 Å². The summed E-state index contributed by atoms with van der Waals surface area (Å²) in [5, 5.41) is 10.2. The van der Waals surface area contributed by atoms with Crippen LogP contribution in [0.25, 0.3) is 33.4 Å². The van der Waals surface area contributed by atoms with Gasteiger partial charge in [-0.2, -0.15) is 0 Å². The van der Waals surface area contributed by atoms with E-state index in [1.54, 1.807) is 12.1 Å². The quantitative estimate of drug-likeness (QED) is 0.179. The van der Waals surface area contributed by atoms with Gasteiger partial charge in [0.15, 0.2) is 0 Å². The summed E-state index contributed by atoms with van der Waals surface area (Å²) in [7, 11) is -3.91. The summed E-state index contributed by atoms with van der Waals surface area (Å²) in [6.45, 7) is 1.20. The Morgan fingerprint density at radius 2 is 1.64 bits per heavy atom. The average molecular weight is 623 g/mol. The van der Waals surface area contributed by atoms with Crippen molar-refractivity contribution < 1.29 is 37.8 Å². The molecule has 0 saturated carbocycles. The Morgan fingerprint density at radius 3 is 2.45 bits per heavy atom. The van der Waals surface area contributed by atoms with Crippen molar-refractivity contribution in [1.82, 2.24) is 4.31 Å². The molecule has 1 N–H and O–H groups in total. The number of anilines is 2. The number of hydrogen-bond donors (Lipinski definition) is 1. The van der Waals surface area contributed by atoms with Crippen LogP contribution < -0.4 is 4.90 Å². The van der Waals surface area contributed by atoms with Crippen LogP contribution in [0.4, 0.5) is 11.4 Å². The summed E-state index contributed by atoms with van der Waals surface area (Å²) >= 11 is 5.12. The zero-order valence-electron chi connectivity index (χ0n) is 22.6. The molecule has 3 aromatic rings. The summed E-state index contributed by atoms with van der Waals surface area (Å²) in [5.74, 6) is -0.812. The van der Waals surface area contributed by atoms with Crippen LogP contribution in [0.2, 0.25) is 0 Å². The number of hydrogen-bond acceptors (Lipinski definition) is 5. The van der Waals surface area contributed by atoms with Gasteiger partial charge in [-0.3, -0.25) is 4.79 Å². The van der Waals surface area contributed by atoms with E-state index in [1.807, 2.05) is 48.5 Å². The van der Waals surface area contributed by atoms with Crippen LogP contribution in [-0.4, -0.2) is 43.4 Å². The van der Waals surface area contributed by atoms with Gasteiger partial charge in [0.1, 0.15) is 0 Å². The van der Waals surface area contributed by atoms with E-state index in [4.69, 9.17) is 19.4 Å². The predicted octanol–water partition coefficient (Wildman–Crippen LogP) is 6.46. The monoisotopic (exact) mass is 622 g/mol. The summed E-state index contributed by atoms with van der Waals surface area (Å²) in [6.07, 6.45) is 1.54. The molecule has 4 aliphatic rings. The first-order valence-electron chi connectivity index (χ1n) is 13.9. The number of nitrogens with zero attached hydrogens (tertiary/aromatic N) is 2. The molecule has 0 aromatic heterocycles. The minimum absolute atomic E-state index is 0.167. The van der Waals surface area contributed by atoms with E-state index in [0.717, 1.165) is 35.2 Å². The average Bonchev–Trinajstić information content (AvgIpc) is 3.44. The van der Waals surface area contributed by atoms with Crippen molar-refractivity contribution in [2.45, 2.75) is 24.2 Å². The standard InChI is InChI=1S/C33H28N2O5S.Ni/c36-33(37)23-15-18-34(19-16-23)41(38,39)31-12-6-3-9-27(31)32-25-8-2-5-11-29(25)40-30-21-24(13-14-26(30)32)35-20-17-22-7-1-4-10-28(22)35;/h1-4,6-14,21,23H,15-20H2,(H,36,37);. The Bertz CT molecular complexity index is 2000. The van der Waals surface area contributed by atoms with Gasteiger partial charge in [0.05, 0.1) is 0 Å². The molecule has 216 valence electrons. The third-order valence-corrected chi connectivity index (χ3v) is 10.7. The van der Waals surface area contributed by atoms with Crippen molar-refractivity contribution in [2.24, 2.45) is 5.92 Å². The maximum absolute atomic E-state index is 14.1. The Labute approximate surface area is 251 Å². The second-order valence-corrected chi connectivity index (χ2v) is 13.3. The second-order valence-electron chi connectivity index (χ2n) is 10.8. The molecule has 0 atom stereocenters. The molecular formula is C33H28N2NiO5S. The van der Waals surface area contributed by atoms with Crippen LogP contribution in [0.3, 0.4) is 0 Å². The Kier molecular flexibility index (Phi) is 6.77. The fraction of sp³-hybridized carbons (Fsp3) is 0.212. The van der Waals surface area contributed by atoms with Gasteiger partial charge < -0.3 is 5.11 Å². The minimum atomic E-state index is -3.91. The number of carboxylic acid groups (broad SMARTS) is 1. The van der Waals surface area contributed by atoms with Gasteiger partial charge >= 0.3 is 242 Å². The van der Waals surface area contributed by atoms with Gasteiger partial charge in [-0.05, 0) is 0 Å². The van der Waals surface area contributed by atoms with E-state index < -0.39 is 21.9 Å². The van der Waals surface area contributed by atoms with Crippen molar-refractivity contribution in [2.75, 3.05) is 24.5 Å². The molecule has 1 saturated heterocycles. The van der Waals surface area contributed by atoms with E-state index >= 15 is 0 Å². The number of piperidine rings is 1. The summed E-state index contributed by atoms with van der Waals surface area (Å²) in [5.41, 5.74) is 6.23. The zero-order chi connectivity index (χ0) is 29.0. The molecule has 0 bridgehead atoms. The zero-order valence-corrected chi connectivity index (χ0v) is 24.4. The van der Waals surface area contributed by atoms with Crippen molar-refractivity contribution in [3.8, 4) is 22.5 Å². The number of rotatable bonds is 5. The fourth-order valence-electron chi connectivity index (χ4n) is 6.28. The third kappa shape index (κ3) is 4.56. The van der Waals surface area contributed by atoms with Crippen molar-refractivity contribution in [1.29, 1.82) is 0 Å². The molecule has 9 heteroatoms. The molecule has 0 amide bonds. The molecule has 3 aromatic carbocycles. The molecular weight excluding hydrogens is 595 g/mol. The van der Waals surface area contributed by atoms with Crippen LogP contribution >= 0.6 is 0 Å². The van der Waals surface area contributed by atoms with Gasteiger partial charge in [-0.1, -0.05) is 0 Å². The molecule has 0 spiro atoms. The third-order valence-electron chi connectivity index (χ3n) is 8.42. The molecule has 1 fully saturated rings. The number of benzene rings is 4. The summed E-state index contributed by atoms with van der Waals surface area (Å²) < 4.78 is 36.7. The van der Waals surface area contributed by atoms with Crippen LogP contribution in [0.1, 0.15) is 18.4 Å². The van der Waals surface area contributed by atoms with Crippen LogP contribution in [0, 0.1) is 10.1 Å². The van der Waals surface area contributed by atoms with E-state index in [1.165, 1.54) is 15.6 Å². The topological polar surface area (TPSA) is 91.1 Å². The van der Waals surface area contributed by atoms with E-state index in [-0.39, 0.29) is 30.8 Å². The first-order chi connectivity index (χ1) is 20.3. The molecule has 0 unspecified atom stereocenters. The van der Waals surface area contributed by atoms with Crippen LogP contribution in [-0.2, 0) is 36.3 Å². The molecule has 3 heterocycles. The van der Waals surface area contributed by atoms with Crippen molar-refractivity contribution in [3.63, 3.8) is 0 Å². The molecule has 3 aliphatic heterocycles. The van der Waals surface area contributed by atoms with Crippen LogP contribution in [0.5, 0.6) is 0 Å². The van der Waals surface area contributed by atoms with Gasteiger partial charge in [0.2, 0.25) is 0 Å². The predicted molar refractivity (Wildman–Crippen MR) is 158 cm³/mol. The number of carbonyl (C=O) groups is 1. The van der Waals surface area contributed by atoms with Crippen molar-refractivity contribution >= 4 is 38.3 Å². The SMILES string of the molecule is O=C(O)C1CCN(S(=O)(=O)c2ccccc2-c2c3cc[c](=[Ni])cc-3oc3cc(N4CCc5ccccc54)ccc23)CC1. The Balaban J connectivity index is 1.39. The van der Waals surface area contributed by atoms with Gasteiger partial charge in [-0.25, -0.2) is 0 Å². The van der Waals surface area contributed by atoms with E-state index in [0.29, 0.717) is 21.0 Å². The molecule has 7 nitrogen and oxygen atoms in total. The number of carboxylic acids is 1. The molecule has 0 radical (unpaired) electrons. The number of aliphatic carboxylic acids is 1. The van der Waals surface area contributed by atoms with Gasteiger partial charge in [0, 0.05) is 0 Å². The summed E-state index contributed by atoms with van der Waals surface area (Å²) in [4.78, 5) is 13.9. The normalized spacial score (nSPS) is 16.3. The first kappa shape index (κ1) is 27.1. The molecule has 1 aliphatic carbocycles. The fourth-order valence-corrected chi connectivity index (χ4v) is 8.16. The van der Waals surface area contributed by atoms with E-state index in [9.17, 15) is 18.3 Å². The van der Waals surface area contributed by atoms with Crippen molar-refractivity contribution in [3.05, 3.63) is 94.6 Å². The van der Waals surface area contributed by atoms with Gasteiger partial charge in [0.25, 0.3) is 0 Å². The van der Waals surface area contributed by atoms with Crippen LogP contribution in [0.15, 0.2) is 94.2 Å². The molecule has 7 rings (SSSR count). The second kappa shape index (κ2) is 10.5. The number of fused-ring (bicyclic) bond motifs is 3. The number of para-hydroxylation sites is 1. The number of sulfonamides is 1. The van der Waals surface area contributed by atoms with Gasteiger partial charge in [-0.15, -0.1) is 0 Å². The Morgan fingerprint density at radius 1 is 0.881 bits per heavy atom. The maximum atomic E-state index is 14.1. The first-order valence-corrected chi connectivity index (χ1v) is 15.9.